The highest BCUT2D eigenvalue weighted by Crippen LogP contribution is 2.57. The van der Waals surface area contributed by atoms with E-state index in [0.29, 0.717) is 141 Å². The van der Waals surface area contributed by atoms with E-state index >= 15 is 0 Å². The van der Waals surface area contributed by atoms with Crippen molar-refractivity contribution in [3.63, 3.8) is 0 Å². The first-order valence-corrected chi connectivity index (χ1v) is 55.6. The van der Waals surface area contributed by atoms with E-state index in [-0.39, 0.29) is 69.5 Å². The molecule has 8 unspecified atom stereocenters. The minimum atomic E-state index is -2.91. The van der Waals surface area contributed by atoms with Crippen LogP contribution in [0.1, 0.15) is 275 Å². The van der Waals surface area contributed by atoms with Gasteiger partial charge in [-0.15, -0.1) is 10.1 Å². The standard InChI is InChI=1S/2C23H42NO9PS.C22H37O7PS.C21H37O7PS/c2*1-23(2,3)33-34(35,31-19-18-29-17-16-28-4)30-15-11-9-7-5-6-8-10-12-22(27)32-24-20(25)13-14-21(24)26;1-17(15-23-5)28-30(31,29-22(2,3)4)26-14-8-7-9-20-16-25-21(27-20)18-10-12-19(24-6)13-11-18;1-8-24-15-17(2)16-27-29(30,28-21(3,4)5)26-14-13-25-19-11-9-18(10-12-19)20(22-6)23-7/h2*5-19H2,1-4H3;10-13,17,20-21H,7-9,14-16H2,1-6H3;9-12,17,20H,8,13-16H2,1-7H3. The third-order valence-corrected chi connectivity index (χ3v) is 28.2. The van der Waals surface area contributed by atoms with Crippen LogP contribution >= 0.6 is 26.9 Å². The van der Waals surface area contributed by atoms with Gasteiger partial charge in [-0.3, -0.25) is 19.2 Å². The highest BCUT2D eigenvalue weighted by molar-refractivity contribution is 8.08. The second kappa shape index (κ2) is 68.9. The number of hydroxylamine groups is 4. The molecule has 0 N–H and O–H groups in total. The fourth-order valence-corrected chi connectivity index (χ4v) is 22.6. The molecule has 0 spiro atoms. The molecule has 42 heteroatoms. The van der Waals surface area contributed by atoms with Gasteiger partial charge in [-0.1, -0.05) is 95.4 Å². The number of methoxy groups -OCH3 is 6. The van der Waals surface area contributed by atoms with Crippen LogP contribution in [-0.2, 0) is 187 Å². The molecule has 0 bridgehead atoms. The monoisotopic (exact) mass is 2020 g/mol. The van der Waals surface area contributed by atoms with Crippen LogP contribution in [0.4, 0.5) is 0 Å². The molecular formula is C89H158N2O32P4S4. The summed E-state index contributed by atoms with van der Waals surface area (Å²) in [5, 5.41) is 1.19. The lowest BCUT2D eigenvalue weighted by atomic mass is 10.1. The van der Waals surface area contributed by atoms with E-state index in [1.807, 2.05) is 152 Å². The molecule has 34 nitrogen and oxygen atoms in total. The van der Waals surface area contributed by atoms with Gasteiger partial charge in [-0.05, 0) is 213 Å². The molecule has 3 heterocycles. The van der Waals surface area contributed by atoms with Crippen molar-refractivity contribution >= 4 is 110 Å². The van der Waals surface area contributed by atoms with Crippen LogP contribution in [-0.4, -0.2) is 242 Å². The number of nitrogens with zero attached hydrogens (tertiary/aromatic N) is 2. The van der Waals surface area contributed by atoms with Gasteiger partial charge in [-0.2, -0.15) is 0 Å². The fourth-order valence-electron chi connectivity index (χ4n) is 11.7. The third-order valence-electron chi connectivity index (χ3n) is 17.6. The normalized spacial score (nSPS) is 17.3. The first-order chi connectivity index (χ1) is 61.9. The predicted octanol–water partition coefficient (Wildman–Crippen LogP) is 19.4. The van der Waals surface area contributed by atoms with E-state index in [4.69, 9.17) is 168 Å². The van der Waals surface area contributed by atoms with E-state index in [2.05, 4.69) is 0 Å². The maximum absolute atomic E-state index is 11.8. The SMILES string of the molecule is CCOCC(C)COP(=S)(OCCOc1ccc(C(OC)OC)cc1)OC(C)(C)C.COCC(C)OP(=S)(OCCCCC1COC(c2ccc(OC)cc2)O1)OC(C)(C)C.COCCOCCOP(=S)(OCCCCCCCCCC(=O)ON1C(=O)CCC1=O)OC(C)(C)C.COCCOCCOP(=S)(OCCCCCCCCCC(=O)ON1C(=O)CCC1=O)OC(C)(C)C. The number of rotatable bonds is 68. The maximum Gasteiger partial charge on any atom is 0.333 e. The summed E-state index contributed by atoms with van der Waals surface area (Å²) >= 11 is 22.4. The maximum atomic E-state index is 11.8. The number of hydrogen-bond acceptors (Lipinski definition) is 36. The van der Waals surface area contributed by atoms with Gasteiger partial charge < -0.3 is 121 Å². The zero-order valence-corrected chi connectivity index (χ0v) is 88.7. The lowest BCUT2D eigenvalue weighted by Gasteiger charge is -2.31. The summed E-state index contributed by atoms with van der Waals surface area (Å²) in [7, 11) is 9.71. The van der Waals surface area contributed by atoms with E-state index in [0.717, 1.165) is 113 Å². The molecule has 3 fully saturated rings. The van der Waals surface area contributed by atoms with Crippen molar-refractivity contribution in [3.8, 4) is 11.5 Å². The number of carbonyl (C=O) groups excluding carboxylic acids is 6. The Bertz CT molecular complexity index is 3500. The molecule has 0 aromatic heterocycles. The van der Waals surface area contributed by atoms with Crippen LogP contribution in [0.25, 0.3) is 0 Å². The van der Waals surface area contributed by atoms with Crippen molar-refractivity contribution in [1.29, 1.82) is 0 Å². The van der Waals surface area contributed by atoms with Crippen LogP contribution < -0.4 is 9.47 Å². The van der Waals surface area contributed by atoms with Gasteiger partial charge in [-0.25, -0.2) is 9.59 Å². The summed E-state index contributed by atoms with van der Waals surface area (Å²) in [6, 6.07) is 15.2. The molecule has 8 atom stereocenters. The number of hydrogen-bond donors (Lipinski definition) is 0. The Balaban J connectivity index is 0.000000592. The first kappa shape index (κ1) is 124. The van der Waals surface area contributed by atoms with E-state index < -0.39 is 91.1 Å². The molecule has 2 aromatic carbocycles. The van der Waals surface area contributed by atoms with Crippen molar-refractivity contribution in [2.24, 2.45) is 5.92 Å². The molecule has 4 amide bonds. The molecular weight excluding hydrogens is 1860 g/mol. The summed E-state index contributed by atoms with van der Waals surface area (Å²) in [6.07, 6.45) is 15.5. The summed E-state index contributed by atoms with van der Waals surface area (Å²) < 4.78 is 135. The first-order valence-electron chi connectivity index (χ1n) is 45.3. The molecule has 0 saturated carbocycles. The smallest absolute Gasteiger partial charge is 0.333 e. The van der Waals surface area contributed by atoms with Crippen LogP contribution in [0.3, 0.4) is 0 Å². The zero-order valence-electron chi connectivity index (χ0n) is 81.9. The van der Waals surface area contributed by atoms with Gasteiger partial charge in [0, 0.05) is 97.7 Å². The molecule has 5 rings (SSSR count). The Kier molecular flexibility index (Phi) is 65.3. The Morgan fingerprint density at radius 2 is 0.794 bits per heavy atom. The van der Waals surface area contributed by atoms with Gasteiger partial charge in [0.25, 0.3) is 23.6 Å². The lowest BCUT2D eigenvalue weighted by molar-refractivity contribution is -0.197. The number of imide groups is 2. The second-order valence-corrected chi connectivity index (χ2v) is 46.4. The fraction of sp³-hybridized carbons (Fsp3) is 0.798. The van der Waals surface area contributed by atoms with Gasteiger partial charge in [0.15, 0.2) is 12.6 Å². The van der Waals surface area contributed by atoms with Crippen LogP contribution in [0, 0.1) is 5.92 Å². The van der Waals surface area contributed by atoms with Crippen molar-refractivity contribution in [1.82, 2.24) is 10.1 Å². The van der Waals surface area contributed by atoms with Gasteiger partial charge in [0.05, 0.1) is 147 Å². The third kappa shape index (κ3) is 61.9. The second-order valence-electron chi connectivity index (χ2n) is 34.7. The predicted molar refractivity (Wildman–Crippen MR) is 513 cm³/mol. The van der Waals surface area contributed by atoms with Crippen molar-refractivity contribution in [2.75, 3.05) is 162 Å². The van der Waals surface area contributed by atoms with E-state index in [9.17, 15) is 28.8 Å². The summed E-state index contributed by atoms with van der Waals surface area (Å²) in [6.45, 7) is 25.6. The topological polar surface area (TPSA) is 349 Å². The number of unbranched alkanes of at least 4 members (excludes halogenated alkanes) is 13. The van der Waals surface area contributed by atoms with Gasteiger partial charge in [0.2, 0.25) is 0 Å². The Hall–Kier alpha value is -3.02. The number of ether oxygens (including phenoxy) is 12. The number of carbonyl (C=O) groups is 6. The molecule has 3 aliphatic rings. The van der Waals surface area contributed by atoms with Gasteiger partial charge >= 0.3 is 38.8 Å². The average molecular weight is 2020 g/mol. The van der Waals surface area contributed by atoms with E-state index in [1.165, 1.54) is 0 Å². The summed E-state index contributed by atoms with van der Waals surface area (Å²) in [5.74, 6) is -1.17. The van der Waals surface area contributed by atoms with Crippen LogP contribution in [0.5, 0.6) is 11.5 Å². The quantitative estimate of drug-likeness (QED) is 0.0257. The van der Waals surface area contributed by atoms with Crippen molar-refractivity contribution < 1.29 is 150 Å². The van der Waals surface area contributed by atoms with Crippen LogP contribution in [0.15, 0.2) is 48.5 Å². The Morgan fingerprint density at radius 1 is 0.420 bits per heavy atom. The minimum Gasteiger partial charge on any atom is -0.497 e. The average Bonchev–Trinajstić information content (AvgIpc) is 1.40. The highest BCUT2D eigenvalue weighted by atomic mass is 32.5. The Labute approximate surface area is 801 Å². The zero-order chi connectivity index (χ0) is 97.8. The number of benzene rings is 2. The molecule has 131 heavy (non-hydrogen) atoms. The Morgan fingerprint density at radius 3 is 1.20 bits per heavy atom. The highest BCUT2D eigenvalue weighted by Gasteiger charge is 2.37. The molecule has 3 aliphatic heterocycles. The number of amides is 4. The summed E-state index contributed by atoms with van der Waals surface area (Å²) in [5.41, 5.74) is 0.0281. The van der Waals surface area contributed by atoms with E-state index in [1.54, 1.807) is 42.7 Å². The lowest BCUT2D eigenvalue weighted by Crippen LogP contribution is -2.31. The molecule has 760 valence electrons. The van der Waals surface area contributed by atoms with Crippen molar-refractivity contribution in [3.05, 3.63) is 59.7 Å². The van der Waals surface area contributed by atoms with Gasteiger partial charge in [0.1, 0.15) is 18.1 Å². The minimum absolute atomic E-state index is 0.0685. The van der Waals surface area contributed by atoms with Crippen LogP contribution in [0.2, 0.25) is 0 Å². The molecule has 2 aromatic rings. The largest absolute Gasteiger partial charge is 0.497 e. The molecule has 3 saturated heterocycles. The molecule has 0 aliphatic carbocycles. The summed E-state index contributed by atoms with van der Waals surface area (Å²) in [4.78, 5) is 79.0. The molecule has 0 radical (unpaired) electrons. The van der Waals surface area contributed by atoms with Crippen molar-refractivity contribution in [2.45, 2.75) is 299 Å².